The quantitative estimate of drug-likeness (QED) is 0.831. The van der Waals surface area contributed by atoms with Crippen molar-refractivity contribution in [3.8, 4) is 0 Å². The smallest absolute Gasteiger partial charge is 0.0702 e. The van der Waals surface area contributed by atoms with Crippen LogP contribution in [0.4, 0.5) is 0 Å². The monoisotopic (exact) mass is 276 g/mol. The molecule has 0 amide bonds. The summed E-state index contributed by atoms with van der Waals surface area (Å²) in [4.78, 5) is 2.47. The molecule has 20 heavy (non-hydrogen) atoms. The molecule has 1 aliphatic heterocycles. The number of likely N-dealkylation sites (tertiary alicyclic amines) is 1. The summed E-state index contributed by atoms with van der Waals surface area (Å²) >= 11 is 0. The Morgan fingerprint density at radius 2 is 2.15 bits per heavy atom. The molecule has 0 aliphatic carbocycles. The minimum Gasteiger partial charge on any atom is -0.377 e. The van der Waals surface area contributed by atoms with E-state index in [0.717, 1.165) is 39.1 Å². The Hall–Kier alpha value is -0.900. The van der Waals surface area contributed by atoms with E-state index in [1.807, 2.05) is 0 Å². The van der Waals surface area contributed by atoms with Gasteiger partial charge in [0, 0.05) is 25.7 Å². The minimum atomic E-state index is 0.210. The van der Waals surface area contributed by atoms with Crippen molar-refractivity contribution < 1.29 is 4.74 Å². The van der Waals surface area contributed by atoms with Crippen molar-refractivity contribution in [2.75, 3.05) is 26.2 Å². The van der Waals surface area contributed by atoms with Crippen LogP contribution in [-0.4, -0.2) is 43.3 Å². The van der Waals surface area contributed by atoms with Crippen molar-refractivity contribution in [2.45, 2.75) is 44.8 Å². The summed E-state index contributed by atoms with van der Waals surface area (Å²) in [6, 6.07) is 10.7. The molecule has 3 heteroatoms. The van der Waals surface area contributed by atoms with Crippen molar-refractivity contribution in [3.05, 3.63) is 35.9 Å². The van der Waals surface area contributed by atoms with Crippen LogP contribution < -0.4 is 5.73 Å². The van der Waals surface area contributed by atoms with Gasteiger partial charge in [0.05, 0.1) is 6.10 Å². The molecule has 3 nitrogen and oxygen atoms in total. The first-order chi connectivity index (χ1) is 9.78. The van der Waals surface area contributed by atoms with Crippen LogP contribution in [0.2, 0.25) is 0 Å². The topological polar surface area (TPSA) is 38.5 Å². The zero-order valence-electron chi connectivity index (χ0n) is 12.6. The largest absolute Gasteiger partial charge is 0.377 e. The number of piperidine rings is 1. The third kappa shape index (κ3) is 5.23. The highest BCUT2D eigenvalue weighted by Gasteiger charge is 2.21. The fourth-order valence-electron chi connectivity index (χ4n) is 2.91. The van der Waals surface area contributed by atoms with Crippen molar-refractivity contribution in [1.82, 2.24) is 4.90 Å². The second kappa shape index (κ2) is 8.40. The van der Waals surface area contributed by atoms with Crippen molar-refractivity contribution in [2.24, 2.45) is 5.73 Å². The number of hydrogen-bond acceptors (Lipinski definition) is 3. The van der Waals surface area contributed by atoms with Gasteiger partial charge in [0.2, 0.25) is 0 Å². The lowest BCUT2D eigenvalue weighted by Crippen LogP contribution is -2.46. The molecule has 2 rings (SSSR count). The van der Waals surface area contributed by atoms with Crippen LogP contribution in [-0.2, 0) is 11.2 Å². The zero-order valence-corrected chi connectivity index (χ0v) is 12.6. The van der Waals surface area contributed by atoms with E-state index in [1.165, 1.54) is 18.4 Å². The van der Waals surface area contributed by atoms with Crippen LogP contribution in [0.5, 0.6) is 0 Å². The molecular weight excluding hydrogens is 248 g/mol. The molecule has 0 bridgehead atoms. The summed E-state index contributed by atoms with van der Waals surface area (Å²) in [5.41, 5.74) is 7.63. The van der Waals surface area contributed by atoms with Gasteiger partial charge in [0.15, 0.2) is 0 Å². The maximum absolute atomic E-state index is 6.30. The first-order valence-electron chi connectivity index (χ1n) is 7.91. The molecule has 1 saturated heterocycles. The standard InChI is InChI=1S/C17H28N2O/c1-2-11-20-17-9-6-10-19(14-17)13-16(18)12-15-7-4-3-5-8-15/h3-5,7-8,16-17H,2,6,9-14,18H2,1H3. The second-order valence-electron chi connectivity index (χ2n) is 5.84. The molecule has 2 unspecified atom stereocenters. The summed E-state index contributed by atoms with van der Waals surface area (Å²) in [5, 5.41) is 0. The lowest BCUT2D eigenvalue weighted by molar-refractivity contribution is -0.00130. The molecular formula is C17H28N2O. The lowest BCUT2D eigenvalue weighted by Gasteiger charge is -2.34. The normalized spacial score (nSPS) is 21.8. The number of nitrogens with zero attached hydrogens (tertiary/aromatic N) is 1. The first kappa shape index (κ1) is 15.5. The Morgan fingerprint density at radius 3 is 2.90 bits per heavy atom. The van der Waals surface area contributed by atoms with Crippen LogP contribution in [0.1, 0.15) is 31.7 Å². The van der Waals surface area contributed by atoms with E-state index in [4.69, 9.17) is 10.5 Å². The Morgan fingerprint density at radius 1 is 1.35 bits per heavy atom. The average Bonchev–Trinajstić information content (AvgIpc) is 2.46. The van der Waals surface area contributed by atoms with Crippen LogP contribution in [0, 0.1) is 0 Å². The van der Waals surface area contributed by atoms with Crippen molar-refractivity contribution in [1.29, 1.82) is 0 Å². The summed E-state index contributed by atoms with van der Waals surface area (Å²) in [6.45, 7) is 6.22. The van der Waals surface area contributed by atoms with Gasteiger partial charge in [-0.1, -0.05) is 37.3 Å². The SMILES string of the molecule is CCCOC1CCCN(CC(N)Cc2ccccc2)C1. The maximum Gasteiger partial charge on any atom is 0.0702 e. The van der Waals surface area contributed by atoms with Gasteiger partial charge in [0.25, 0.3) is 0 Å². The highest BCUT2D eigenvalue weighted by atomic mass is 16.5. The number of nitrogens with two attached hydrogens (primary N) is 1. The van der Waals surface area contributed by atoms with Crippen LogP contribution in [0.15, 0.2) is 30.3 Å². The van der Waals surface area contributed by atoms with Crippen molar-refractivity contribution in [3.63, 3.8) is 0 Å². The molecule has 1 aromatic carbocycles. The molecule has 1 aliphatic rings. The molecule has 0 radical (unpaired) electrons. The van der Waals surface area contributed by atoms with E-state index in [0.29, 0.717) is 6.10 Å². The third-order valence-corrected chi connectivity index (χ3v) is 3.85. The van der Waals surface area contributed by atoms with Gasteiger partial charge < -0.3 is 10.5 Å². The Bertz CT molecular complexity index is 369. The van der Waals surface area contributed by atoms with Gasteiger partial charge in [-0.05, 0) is 37.8 Å². The van der Waals surface area contributed by atoms with Gasteiger partial charge in [-0.2, -0.15) is 0 Å². The molecule has 0 aromatic heterocycles. The Balaban J connectivity index is 1.74. The van der Waals surface area contributed by atoms with Crippen LogP contribution in [0.3, 0.4) is 0 Å². The Kier molecular flexibility index (Phi) is 6.51. The minimum absolute atomic E-state index is 0.210. The Labute approximate surface area is 123 Å². The van der Waals surface area contributed by atoms with Gasteiger partial charge >= 0.3 is 0 Å². The molecule has 2 atom stereocenters. The number of benzene rings is 1. The van der Waals surface area contributed by atoms with E-state index in [1.54, 1.807) is 0 Å². The molecule has 1 heterocycles. The summed E-state index contributed by atoms with van der Waals surface area (Å²) in [5.74, 6) is 0. The van der Waals surface area contributed by atoms with E-state index in [9.17, 15) is 0 Å². The van der Waals surface area contributed by atoms with E-state index < -0.39 is 0 Å². The predicted molar refractivity (Wildman–Crippen MR) is 83.8 cm³/mol. The third-order valence-electron chi connectivity index (χ3n) is 3.85. The molecule has 112 valence electrons. The number of ether oxygens (including phenoxy) is 1. The highest BCUT2D eigenvalue weighted by Crippen LogP contribution is 2.14. The summed E-state index contributed by atoms with van der Waals surface area (Å²) in [7, 11) is 0. The van der Waals surface area contributed by atoms with Gasteiger partial charge in [-0.15, -0.1) is 0 Å². The molecule has 1 fully saturated rings. The van der Waals surface area contributed by atoms with E-state index >= 15 is 0 Å². The zero-order chi connectivity index (χ0) is 14.2. The fraction of sp³-hybridized carbons (Fsp3) is 0.647. The average molecular weight is 276 g/mol. The molecule has 1 aromatic rings. The van der Waals surface area contributed by atoms with E-state index in [2.05, 4.69) is 42.2 Å². The maximum atomic E-state index is 6.30. The molecule has 0 saturated carbocycles. The van der Waals surface area contributed by atoms with Crippen LogP contribution in [0.25, 0.3) is 0 Å². The number of hydrogen-bond donors (Lipinski definition) is 1. The lowest BCUT2D eigenvalue weighted by atomic mass is 10.0. The van der Waals surface area contributed by atoms with Gasteiger partial charge in [0.1, 0.15) is 0 Å². The molecule has 2 N–H and O–H groups in total. The second-order valence-corrected chi connectivity index (χ2v) is 5.84. The van der Waals surface area contributed by atoms with Crippen LogP contribution >= 0.6 is 0 Å². The fourth-order valence-corrected chi connectivity index (χ4v) is 2.91. The highest BCUT2D eigenvalue weighted by molar-refractivity contribution is 5.15. The summed E-state index contributed by atoms with van der Waals surface area (Å²) in [6.07, 6.45) is 4.89. The number of rotatable bonds is 7. The van der Waals surface area contributed by atoms with Gasteiger partial charge in [-0.25, -0.2) is 0 Å². The summed E-state index contributed by atoms with van der Waals surface area (Å²) < 4.78 is 5.88. The predicted octanol–water partition coefficient (Wildman–Crippen LogP) is 2.45. The van der Waals surface area contributed by atoms with E-state index in [-0.39, 0.29) is 6.04 Å². The molecule has 0 spiro atoms. The van der Waals surface area contributed by atoms with Gasteiger partial charge in [-0.3, -0.25) is 4.90 Å². The first-order valence-corrected chi connectivity index (χ1v) is 7.91. The van der Waals surface area contributed by atoms with Crippen molar-refractivity contribution >= 4 is 0 Å².